The molecule has 3 aromatic rings. The second-order valence-electron chi connectivity index (χ2n) is 4.79. The number of benzene rings is 2. The summed E-state index contributed by atoms with van der Waals surface area (Å²) in [5.41, 5.74) is 1.81. The summed E-state index contributed by atoms with van der Waals surface area (Å²) in [5, 5.41) is 11.6. The van der Waals surface area contributed by atoms with Crippen molar-refractivity contribution in [3.63, 3.8) is 0 Å². The van der Waals surface area contributed by atoms with Crippen LogP contribution in [-0.4, -0.2) is 10.7 Å². The van der Waals surface area contributed by atoms with E-state index in [0.717, 1.165) is 10.9 Å². The van der Waals surface area contributed by atoms with Gasteiger partial charge in [0.1, 0.15) is 5.58 Å². The van der Waals surface area contributed by atoms with E-state index in [-0.39, 0.29) is 22.8 Å². The van der Waals surface area contributed by atoms with Crippen molar-refractivity contribution in [3.8, 4) is 0 Å². The van der Waals surface area contributed by atoms with Crippen LogP contribution in [0.15, 0.2) is 52.9 Å². The number of carbonyl (C=O) groups excluding carboxylic acids is 1. The number of carbonyl (C=O) groups is 1. The average Bonchev–Trinajstić information content (AvgIpc) is 2.89. The van der Waals surface area contributed by atoms with E-state index >= 15 is 0 Å². The van der Waals surface area contributed by atoms with Gasteiger partial charge in [-0.25, -0.2) is 0 Å². The van der Waals surface area contributed by atoms with Gasteiger partial charge in [0.25, 0.3) is 5.69 Å². The van der Waals surface area contributed by atoms with Crippen LogP contribution in [0.25, 0.3) is 11.0 Å². The fraction of sp³-hybridized carbons (Fsp3) is 0.0625. The normalized spacial score (nSPS) is 10.7. The lowest BCUT2D eigenvalue weighted by molar-refractivity contribution is -0.384. The lowest BCUT2D eigenvalue weighted by Gasteiger charge is -1.97. The van der Waals surface area contributed by atoms with E-state index in [1.807, 2.05) is 19.1 Å². The Hall–Kier alpha value is -2.95. The second kappa shape index (κ2) is 4.86. The monoisotopic (exact) mass is 281 g/mol. The predicted molar refractivity (Wildman–Crippen MR) is 77.5 cm³/mol. The molecule has 0 N–H and O–H groups in total. The van der Waals surface area contributed by atoms with E-state index in [0.29, 0.717) is 5.58 Å². The van der Waals surface area contributed by atoms with Crippen molar-refractivity contribution in [2.24, 2.45) is 0 Å². The topological polar surface area (TPSA) is 73.3 Å². The summed E-state index contributed by atoms with van der Waals surface area (Å²) in [7, 11) is 0. The molecule has 0 atom stereocenters. The van der Waals surface area contributed by atoms with Crippen molar-refractivity contribution in [1.29, 1.82) is 0 Å². The standard InChI is InChI=1S/C16H11NO4/c1-10-5-6-14-12(7-10)9-15(21-14)16(18)11-3-2-4-13(8-11)17(19)20/h2-9H,1H3. The minimum Gasteiger partial charge on any atom is -0.453 e. The highest BCUT2D eigenvalue weighted by Crippen LogP contribution is 2.23. The number of furan rings is 1. The SMILES string of the molecule is Cc1ccc2oc(C(=O)c3cccc([N+](=O)[O-])c3)cc2c1. The van der Waals surface area contributed by atoms with Crippen LogP contribution >= 0.6 is 0 Å². The third kappa shape index (κ3) is 2.41. The molecule has 104 valence electrons. The van der Waals surface area contributed by atoms with E-state index in [4.69, 9.17) is 4.42 Å². The summed E-state index contributed by atoms with van der Waals surface area (Å²) in [5.74, 6) is -0.191. The van der Waals surface area contributed by atoms with Crippen LogP contribution < -0.4 is 0 Å². The van der Waals surface area contributed by atoms with Gasteiger partial charge in [-0.2, -0.15) is 0 Å². The van der Waals surface area contributed by atoms with Crippen molar-refractivity contribution in [2.45, 2.75) is 6.92 Å². The molecule has 0 spiro atoms. The van der Waals surface area contributed by atoms with Crippen LogP contribution in [0.1, 0.15) is 21.7 Å². The lowest BCUT2D eigenvalue weighted by Crippen LogP contribution is -2.00. The van der Waals surface area contributed by atoms with Gasteiger partial charge < -0.3 is 4.42 Å². The number of nitro benzene ring substituents is 1. The molecule has 5 heteroatoms. The van der Waals surface area contributed by atoms with Crippen LogP contribution in [0.5, 0.6) is 0 Å². The summed E-state index contributed by atoms with van der Waals surface area (Å²) in [6.45, 7) is 1.95. The van der Waals surface area contributed by atoms with Crippen molar-refractivity contribution < 1.29 is 14.1 Å². The molecule has 0 aliphatic rings. The summed E-state index contributed by atoms with van der Waals surface area (Å²) in [6, 6.07) is 12.9. The Labute approximate surface area is 120 Å². The third-order valence-corrected chi connectivity index (χ3v) is 3.21. The van der Waals surface area contributed by atoms with Crippen molar-refractivity contribution in [1.82, 2.24) is 0 Å². The van der Waals surface area contributed by atoms with Gasteiger partial charge in [-0.15, -0.1) is 0 Å². The summed E-state index contributed by atoms with van der Waals surface area (Å²) >= 11 is 0. The highest BCUT2D eigenvalue weighted by molar-refractivity contribution is 6.09. The number of hydrogen-bond acceptors (Lipinski definition) is 4. The molecule has 1 aromatic heterocycles. The molecule has 0 radical (unpaired) electrons. The fourth-order valence-corrected chi connectivity index (χ4v) is 2.18. The number of nitrogens with zero attached hydrogens (tertiary/aromatic N) is 1. The van der Waals surface area contributed by atoms with Gasteiger partial charge >= 0.3 is 0 Å². The van der Waals surface area contributed by atoms with Gasteiger partial charge in [-0.3, -0.25) is 14.9 Å². The van der Waals surface area contributed by atoms with Crippen LogP contribution in [0, 0.1) is 17.0 Å². The lowest BCUT2D eigenvalue weighted by atomic mass is 10.1. The van der Waals surface area contributed by atoms with Gasteiger partial charge in [0.2, 0.25) is 5.78 Å². The molecule has 0 aliphatic carbocycles. The Bertz CT molecular complexity index is 864. The van der Waals surface area contributed by atoms with Gasteiger partial charge in [-0.1, -0.05) is 23.8 Å². The van der Waals surface area contributed by atoms with Crippen molar-refractivity contribution >= 4 is 22.4 Å². The average molecular weight is 281 g/mol. The largest absolute Gasteiger partial charge is 0.453 e. The van der Waals surface area contributed by atoms with Crippen LogP contribution in [0.4, 0.5) is 5.69 Å². The molecular weight excluding hydrogens is 270 g/mol. The molecule has 2 aromatic carbocycles. The van der Waals surface area contributed by atoms with Gasteiger partial charge in [-0.05, 0) is 25.1 Å². The first-order valence-corrected chi connectivity index (χ1v) is 6.34. The van der Waals surface area contributed by atoms with Gasteiger partial charge in [0.05, 0.1) is 4.92 Å². The maximum absolute atomic E-state index is 12.4. The molecule has 3 rings (SSSR count). The van der Waals surface area contributed by atoms with E-state index in [1.54, 1.807) is 12.1 Å². The Morgan fingerprint density at radius 1 is 1.14 bits per heavy atom. The second-order valence-corrected chi connectivity index (χ2v) is 4.79. The van der Waals surface area contributed by atoms with Crippen LogP contribution in [0.3, 0.4) is 0 Å². The first-order chi connectivity index (χ1) is 10.0. The number of non-ortho nitro benzene ring substituents is 1. The molecule has 0 unspecified atom stereocenters. The number of ketones is 1. The van der Waals surface area contributed by atoms with Crippen LogP contribution in [-0.2, 0) is 0 Å². The maximum Gasteiger partial charge on any atom is 0.270 e. The zero-order valence-electron chi connectivity index (χ0n) is 11.2. The van der Waals surface area contributed by atoms with E-state index in [1.165, 1.54) is 24.3 Å². The zero-order valence-corrected chi connectivity index (χ0v) is 11.2. The molecule has 1 heterocycles. The summed E-state index contributed by atoms with van der Waals surface area (Å²) in [6.07, 6.45) is 0. The zero-order chi connectivity index (χ0) is 15.0. The Morgan fingerprint density at radius 2 is 1.95 bits per heavy atom. The molecule has 0 amide bonds. The van der Waals surface area contributed by atoms with Crippen LogP contribution in [0.2, 0.25) is 0 Å². The summed E-state index contributed by atoms with van der Waals surface area (Å²) < 4.78 is 5.52. The molecule has 0 fully saturated rings. The van der Waals surface area contributed by atoms with Gasteiger partial charge in [0, 0.05) is 23.1 Å². The minimum atomic E-state index is -0.529. The Balaban J connectivity index is 2.03. The molecule has 0 aliphatic heterocycles. The quantitative estimate of drug-likeness (QED) is 0.415. The number of rotatable bonds is 3. The first-order valence-electron chi connectivity index (χ1n) is 6.34. The highest BCUT2D eigenvalue weighted by atomic mass is 16.6. The first kappa shape index (κ1) is 13.1. The Kier molecular flexibility index (Phi) is 3.02. The maximum atomic E-state index is 12.4. The molecular formula is C16H11NO4. The fourth-order valence-electron chi connectivity index (χ4n) is 2.18. The number of fused-ring (bicyclic) bond motifs is 1. The predicted octanol–water partition coefficient (Wildman–Crippen LogP) is 3.88. The molecule has 5 nitrogen and oxygen atoms in total. The number of hydrogen-bond donors (Lipinski definition) is 0. The molecule has 0 saturated heterocycles. The van der Waals surface area contributed by atoms with Crippen molar-refractivity contribution in [3.05, 3.63) is 75.5 Å². The molecule has 0 bridgehead atoms. The van der Waals surface area contributed by atoms with E-state index in [2.05, 4.69) is 0 Å². The number of aryl methyl sites for hydroxylation is 1. The Morgan fingerprint density at radius 3 is 2.71 bits per heavy atom. The van der Waals surface area contributed by atoms with Crippen molar-refractivity contribution in [2.75, 3.05) is 0 Å². The van der Waals surface area contributed by atoms with Gasteiger partial charge in [0.15, 0.2) is 5.76 Å². The summed E-state index contributed by atoms with van der Waals surface area (Å²) in [4.78, 5) is 22.6. The number of nitro groups is 1. The minimum absolute atomic E-state index is 0.118. The van der Waals surface area contributed by atoms with E-state index in [9.17, 15) is 14.9 Å². The highest BCUT2D eigenvalue weighted by Gasteiger charge is 2.17. The molecule has 21 heavy (non-hydrogen) atoms. The van der Waals surface area contributed by atoms with E-state index < -0.39 is 4.92 Å². The molecule has 0 saturated carbocycles. The smallest absolute Gasteiger partial charge is 0.270 e. The third-order valence-electron chi connectivity index (χ3n) is 3.21.